The van der Waals surface area contributed by atoms with Crippen LogP contribution in [-0.4, -0.2) is 74.5 Å². The van der Waals surface area contributed by atoms with E-state index < -0.39 is 17.6 Å². The van der Waals surface area contributed by atoms with Crippen molar-refractivity contribution in [3.63, 3.8) is 0 Å². The third-order valence-electron chi connectivity index (χ3n) is 4.23. The number of halogens is 1. The van der Waals surface area contributed by atoms with Crippen LogP contribution in [0.4, 0.5) is 10.1 Å². The van der Waals surface area contributed by atoms with Gasteiger partial charge in [0.25, 0.3) is 0 Å². The van der Waals surface area contributed by atoms with E-state index in [9.17, 15) is 14.0 Å². The average molecular weight is 366 g/mol. The van der Waals surface area contributed by atoms with Crippen LogP contribution >= 0.6 is 0 Å². The topological polar surface area (TPSA) is 73.9 Å². The van der Waals surface area contributed by atoms with Gasteiger partial charge in [0.15, 0.2) is 11.6 Å². The lowest BCUT2D eigenvalue weighted by atomic mass is 10.3. The Hall–Kier alpha value is -2.19. The van der Waals surface area contributed by atoms with Gasteiger partial charge in [0, 0.05) is 44.5 Å². The summed E-state index contributed by atoms with van der Waals surface area (Å²) in [5, 5.41) is 4.98. The molecule has 2 N–H and O–H groups in total. The van der Waals surface area contributed by atoms with E-state index in [1.807, 2.05) is 0 Å². The van der Waals surface area contributed by atoms with Crippen LogP contribution < -0.4 is 15.4 Å². The molecule has 2 amide bonds. The Morgan fingerprint density at radius 2 is 1.92 bits per heavy atom. The highest BCUT2D eigenvalue weighted by Crippen LogP contribution is 2.21. The van der Waals surface area contributed by atoms with E-state index >= 15 is 0 Å². The summed E-state index contributed by atoms with van der Waals surface area (Å²) in [7, 11) is 2.10. The molecule has 1 saturated heterocycles. The van der Waals surface area contributed by atoms with Crippen molar-refractivity contribution in [3.05, 3.63) is 24.0 Å². The molecule has 1 aliphatic heterocycles. The van der Waals surface area contributed by atoms with Gasteiger partial charge in [-0.1, -0.05) is 0 Å². The van der Waals surface area contributed by atoms with E-state index in [-0.39, 0.29) is 11.4 Å². The monoisotopic (exact) mass is 366 g/mol. The number of hydrogen-bond acceptors (Lipinski definition) is 5. The average Bonchev–Trinajstić information content (AvgIpc) is 2.62. The van der Waals surface area contributed by atoms with E-state index in [0.29, 0.717) is 13.2 Å². The molecule has 0 aromatic heterocycles. The van der Waals surface area contributed by atoms with Gasteiger partial charge in [-0.3, -0.25) is 9.59 Å². The summed E-state index contributed by atoms with van der Waals surface area (Å²) >= 11 is 0. The number of likely N-dealkylation sites (N-methyl/N-ethyl adjacent to an activating group) is 1. The SMILES string of the molecule is CCOc1ccc(NC(=O)C(=O)NCCCN2CCN(C)CC2)cc1F. The van der Waals surface area contributed by atoms with E-state index in [4.69, 9.17) is 4.74 Å². The molecule has 0 atom stereocenters. The normalized spacial score (nSPS) is 15.5. The molecule has 1 aromatic carbocycles. The van der Waals surface area contributed by atoms with Gasteiger partial charge in [-0.2, -0.15) is 0 Å². The van der Waals surface area contributed by atoms with Crippen LogP contribution in [0.2, 0.25) is 0 Å². The maximum absolute atomic E-state index is 13.8. The van der Waals surface area contributed by atoms with Gasteiger partial charge in [-0.05, 0) is 39.1 Å². The van der Waals surface area contributed by atoms with Crippen molar-refractivity contribution in [2.45, 2.75) is 13.3 Å². The van der Waals surface area contributed by atoms with Crippen LogP contribution in [0.1, 0.15) is 13.3 Å². The first-order valence-electron chi connectivity index (χ1n) is 8.92. The summed E-state index contributed by atoms with van der Waals surface area (Å²) in [5.41, 5.74) is 0.212. The number of benzene rings is 1. The smallest absolute Gasteiger partial charge is 0.313 e. The van der Waals surface area contributed by atoms with Crippen molar-refractivity contribution in [1.29, 1.82) is 0 Å². The fraction of sp³-hybridized carbons (Fsp3) is 0.556. The Bertz CT molecular complexity index is 618. The second-order valence-corrected chi connectivity index (χ2v) is 6.29. The van der Waals surface area contributed by atoms with Crippen molar-refractivity contribution < 1.29 is 18.7 Å². The zero-order valence-electron chi connectivity index (χ0n) is 15.4. The minimum Gasteiger partial charge on any atom is -0.491 e. The molecule has 0 saturated carbocycles. The second kappa shape index (κ2) is 10.1. The van der Waals surface area contributed by atoms with E-state index in [1.165, 1.54) is 12.1 Å². The molecular weight excluding hydrogens is 339 g/mol. The first kappa shape index (κ1) is 20.1. The number of anilines is 1. The highest BCUT2D eigenvalue weighted by molar-refractivity contribution is 6.39. The molecule has 0 bridgehead atoms. The van der Waals surface area contributed by atoms with Gasteiger partial charge in [0.05, 0.1) is 6.61 Å². The van der Waals surface area contributed by atoms with Gasteiger partial charge >= 0.3 is 11.8 Å². The first-order valence-corrected chi connectivity index (χ1v) is 8.92. The van der Waals surface area contributed by atoms with Crippen LogP contribution in [0.3, 0.4) is 0 Å². The summed E-state index contributed by atoms with van der Waals surface area (Å²) in [6.45, 7) is 7.56. The molecule has 0 radical (unpaired) electrons. The lowest BCUT2D eigenvalue weighted by Crippen LogP contribution is -2.45. The van der Waals surface area contributed by atoms with Crippen molar-refractivity contribution in [1.82, 2.24) is 15.1 Å². The van der Waals surface area contributed by atoms with Crippen molar-refractivity contribution >= 4 is 17.5 Å². The second-order valence-electron chi connectivity index (χ2n) is 6.29. The van der Waals surface area contributed by atoms with E-state index in [0.717, 1.165) is 45.2 Å². The maximum Gasteiger partial charge on any atom is 0.313 e. The minimum atomic E-state index is -0.812. The zero-order valence-corrected chi connectivity index (χ0v) is 15.4. The third-order valence-corrected chi connectivity index (χ3v) is 4.23. The van der Waals surface area contributed by atoms with Gasteiger partial charge in [-0.25, -0.2) is 4.39 Å². The third kappa shape index (κ3) is 6.27. The van der Waals surface area contributed by atoms with Gasteiger partial charge in [-0.15, -0.1) is 0 Å². The number of nitrogens with zero attached hydrogens (tertiary/aromatic N) is 2. The van der Waals surface area contributed by atoms with Gasteiger partial charge in [0.1, 0.15) is 0 Å². The lowest BCUT2D eigenvalue weighted by Gasteiger charge is -2.32. The number of hydrogen-bond donors (Lipinski definition) is 2. The minimum absolute atomic E-state index is 0.110. The van der Waals surface area contributed by atoms with E-state index in [2.05, 4.69) is 27.5 Å². The lowest BCUT2D eigenvalue weighted by molar-refractivity contribution is -0.136. The number of rotatable bonds is 7. The summed E-state index contributed by atoms with van der Waals surface area (Å²) in [5.74, 6) is -2.01. The van der Waals surface area contributed by atoms with Crippen molar-refractivity contribution in [3.8, 4) is 5.75 Å². The maximum atomic E-state index is 13.8. The Morgan fingerprint density at radius 3 is 2.58 bits per heavy atom. The highest BCUT2D eigenvalue weighted by Gasteiger charge is 2.16. The summed E-state index contributed by atoms with van der Waals surface area (Å²) < 4.78 is 18.8. The molecule has 26 heavy (non-hydrogen) atoms. The van der Waals surface area contributed by atoms with E-state index in [1.54, 1.807) is 6.92 Å². The fourth-order valence-corrected chi connectivity index (χ4v) is 2.70. The molecule has 1 aliphatic rings. The largest absolute Gasteiger partial charge is 0.491 e. The Kier molecular flexibility index (Phi) is 7.80. The molecule has 1 fully saturated rings. The predicted octanol–water partition coefficient (Wildman–Crippen LogP) is 0.917. The van der Waals surface area contributed by atoms with Crippen molar-refractivity contribution in [2.75, 3.05) is 58.2 Å². The molecule has 144 valence electrons. The summed E-state index contributed by atoms with van der Waals surface area (Å²) in [6.07, 6.45) is 0.778. The quantitative estimate of drug-likeness (QED) is 0.554. The van der Waals surface area contributed by atoms with Crippen LogP contribution in [0.15, 0.2) is 18.2 Å². The van der Waals surface area contributed by atoms with Crippen LogP contribution in [0.5, 0.6) is 5.75 Å². The van der Waals surface area contributed by atoms with Crippen LogP contribution in [0, 0.1) is 5.82 Å². The molecule has 1 heterocycles. The number of amides is 2. The Labute approximate surface area is 153 Å². The number of piperazine rings is 1. The predicted molar refractivity (Wildman–Crippen MR) is 97.8 cm³/mol. The number of nitrogens with one attached hydrogen (secondary N) is 2. The van der Waals surface area contributed by atoms with Gasteiger partial charge in [0.2, 0.25) is 0 Å². The molecule has 2 rings (SSSR count). The van der Waals surface area contributed by atoms with Gasteiger partial charge < -0.3 is 25.2 Å². The van der Waals surface area contributed by atoms with Crippen LogP contribution in [0.25, 0.3) is 0 Å². The molecule has 1 aromatic rings. The molecular formula is C18H27FN4O3. The fourth-order valence-electron chi connectivity index (χ4n) is 2.70. The molecule has 0 aliphatic carbocycles. The first-order chi connectivity index (χ1) is 12.5. The molecule has 7 nitrogen and oxygen atoms in total. The summed E-state index contributed by atoms with van der Waals surface area (Å²) in [6, 6.07) is 4.04. The van der Waals surface area contributed by atoms with Crippen molar-refractivity contribution in [2.24, 2.45) is 0 Å². The number of carbonyl (C=O) groups is 2. The number of ether oxygens (including phenoxy) is 1. The highest BCUT2D eigenvalue weighted by atomic mass is 19.1. The molecule has 0 unspecified atom stereocenters. The number of carbonyl (C=O) groups excluding carboxylic acids is 2. The Balaban J connectivity index is 1.69. The zero-order chi connectivity index (χ0) is 18.9. The molecule has 8 heteroatoms. The standard InChI is InChI=1S/C18H27FN4O3/c1-3-26-16-6-5-14(13-15(16)19)21-18(25)17(24)20-7-4-8-23-11-9-22(2)10-12-23/h5-6,13H,3-4,7-12H2,1-2H3,(H,20,24)(H,21,25). The van der Waals surface area contributed by atoms with Crippen LogP contribution in [-0.2, 0) is 9.59 Å². The summed E-state index contributed by atoms with van der Waals surface area (Å²) in [4.78, 5) is 28.3. The Morgan fingerprint density at radius 1 is 1.19 bits per heavy atom. The molecule has 0 spiro atoms.